The van der Waals surface area contributed by atoms with Gasteiger partial charge >= 0.3 is 0 Å². The smallest absolute Gasteiger partial charge is 0.236 e. The van der Waals surface area contributed by atoms with Gasteiger partial charge in [-0.15, -0.1) is 0 Å². The number of amides is 1. The minimum Gasteiger partial charge on any atom is -0.340 e. The molecule has 3 rings (SSSR count). The number of nitrogens with one attached hydrogen (secondary N) is 1. The number of carbonyl (C=O) groups excluding carboxylic acids is 1. The first-order chi connectivity index (χ1) is 10.6. The summed E-state index contributed by atoms with van der Waals surface area (Å²) in [6.45, 7) is 3.83. The third-order valence-corrected chi connectivity index (χ3v) is 4.89. The molecule has 120 valence electrons. The number of likely N-dealkylation sites (tertiary alicyclic amines) is 1. The Bertz CT molecular complexity index is 536. The molecule has 2 fully saturated rings. The molecule has 2 atom stereocenters. The van der Waals surface area contributed by atoms with E-state index in [4.69, 9.17) is 0 Å². The lowest BCUT2D eigenvalue weighted by molar-refractivity contribution is -0.132. The molecular weight excluding hydrogens is 281 g/mol. The van der Waals surface area contributed by atoms with Crippen molar-refractivity contribution < 1.29 is 9.18 Å². The number of carbonyl (C=O) groups is 1. The fourth-order valence-corrected chi connectivity index (χ4v) is 3.55. The van der Waals surface area contributed by atoms with Gasteiger partial charge in [-0.3, -0.25) is 9.69 Å². The number of benzene rings is 1. The molecular formula is C17H24FN3O. The molecule has 1 N–H and O–H groups in total. The first kappa shape index (κ1) is 15.4. The predicted octanol–water partition coefficient (Wildman–Crippen LogP) is 1.47. The fraction of sp³-hybridized carbons (Fsp3) is 0.588. The van der Waals surface area contributed by atoms with Crippen molar-refractivity contribution in [2.75, 3.05) is 33.2 Å². The van der Waals surface area contributed by atoms with Crippen LogP contribution in [0.25, 0.3) is 0 Å². The Morgan fingerprint density at radius 2 is 2.23 bits per heavy atom. The summed E-state index contributed by atoms with van der Waals surface area (Å²) in [6, 6.07) is 7.28. The molecule has 0 bridgehead atoms. The molecule has 2 heterocycles. The van der Waals surface area contributed by atoms with Gasteiger partial charge in [0, 0.05) is 38.3 Å². The van der Waals surface area contributed by atoms with Crippen LogP contribution in [-0.4, -0.2) is 55.0 Å². The van der Waals surface area contributed by atoms with E-state index in [1.165, 1.54) is 12.5 Å². The zero-order valence-corrected chi connectivity index (χ0v) is 13.1. The van der Waals surface area contributed by atoms with Crippen LogP contribution in [0.15, 0.2) is 24.3 Å². The van der Waals surface area contributed by atoms with Gasteiger partial charge in [-0.2, -0.15) is 0 Å². The molecule has 4 nitrogen and oxygen atoms in total. The average molecular weight is 305 g/mol. The predicted molar refractivity (Wildman–Crippen MR) is 83.8 cm³/mol. The largest absolute Gasteiger partial charge is 0.340 e. The van der Waals surface area contributed by atoms with Gasteiger partial charge in [0.15, 0.2) is 0 Å². The van der Waals surface area contributed by atoms with Gasteiger partial charge in [-0.1, -0.05) is 18.2 Å². The molecule has 5 heteroatoms. The van der Waals surface area contributed by atoms with E-state index in [9.17, 15) is 9.18 Å². The van der Waals surface area contributed by atoms with Gasteiger partial charge in [0.2, 0.25) is 5.91 Å². The zero-order chi connectivity index (χ0) is 15.5. The number of rotatable bonds is 4. The Hall–Kier alpha value is -1.46. The standard InChI is InChI=1S/C17H24FN3O/c1-20(10-13-4-2-3-5-15(13)18)17(22)12-21-9-7-16-14(11-21)6-8-19-16/h2-5,14,16,19H,6-12H2,1H3. The number of piperidine rings is 1. The van der Waals surface area contributed by atoms with E-state index < -0.39 is 0 Å². The van der Waals surface area contributed by atoms with Crippen LogP contribution in [0.4, 0.5) is 4.39 Å². The maximum Gasteiger partial charge on any atom is 0.236 e. The summed E-state index contributed by atoms with van der Waals surface area (Å²) in [5.74, 6) is 0.492. The Morgan fingerprint density at radius 3 is 3.05 bits per heavy atom. The number of hydrogen-bond donors (Lipinski definition) is 1. The summed E-state index contributed by atoms with van der Waals surface area (Å²) < 4.78 is 13.7. The highest BCUT2D eigenvalue weighted by Gasteiger charge is 2.33. The second-order valence-electron chi connectivity index (χ2n) is 6.47. The van der Waals surface area contributed by atoms with Crippen LogP contribution in [0.3, 0.4) is 0 Å². The van der Waals surface area contributed by atoms with Crippen LogP contribution in [0, 0.1) is 11.7 Å². The number of hydrogen-bond acceptors (Lipinski definition) is 3. The van der Waals surface area contributed by atoms with Crippen molar-refractivity contribution in [2.45, 2.75) is 25.4 Å². The summed E-state index contributed by atoms with van der Waals surface area (Å²) in [6.07, 6.45) is 2.33. The fourth-order valence-electron chi connectivity index (χ4n) is 3.55. The van der Waals surface area contributed by atoms with Gasteiger partial charge in [0.25, 0.3) is 0 Å². The Labute approximate surface area is 131 Å². The highest BCUT2D eigenvalue weighted by molar-refractivity contribution is 5.78. The molecule has 2 saturated heterocycles. The number of fused-ring (bicyclic) bond motifs is 1. The molecule has 1 amide bonds. The third kappa shape index (κ3) is 3.47. The Morgan fingerprint density at radius 1 is 1.41 bits per heavy atom. The molecule has 0 aliphatic carbocycles. The second kappa shape index (κ2) is 6.75. The van der Waals surface area contributed by atoms with Crippen LogP contribution in [0.1, 0.15) is 18.4 Å². The zero-order valence-electron chi connectivity index (χ0n) is 13.1. The lowest BCUT2D eigenvalue weighted by atomic mass is 9.93. The lowest BCUT2D eigenvalue weighted by Crippen LogP contribution is -2.48. The minimum atomic E-state index is -0.250. The number of likely N-dealkylation sites (N-methyl/N-ethyl adjacent to an activating group) is 1. The average Bonchev–Trinajstić information content (AvgIpc) is 2.97. The van der Waals surface area contributed by atoms with Crippen molar-refractivity contribution >= 4 is 5.91 Å². The van der Waals surface area contributed by atoms with E-state index in [1.54, 1.807) is 30.1 Å². The molecule has 2 aliphatic heterocycles. The van der Waals surface area contributed by atoms with Crippen LogP contribution < -0.4 is 5.32 Å². The van der Waals surface area contributed by atoms with E-state index in [0.29, 0.717) is 30.6 Å². The topological polar surface area (TPSA) is 35.6 Å². The van der Waals surface area contributed by atoms with Gasteiger partial charge in [0.1, 0.15) is 5.82 Å². The SMILES string of the molecule is CN(Cc1ccccc1F)C(=O)CN1CCC2NCCC2C1. The molecule has 2 unspecified atom stereocenters. The summed E-state index contributed by atoms with van der Waals surface area (Å²) in [4.78, 5) is 16.2. The summed E-state index contributed by atoms with van der Waals surface area (Å²) in [7, 11) is 1.75. The molecule has 2 aliphatic rings. The summed E-state index contributed by atoms with van der Waals surface area (Å²) >= 11 is 0. The summed E-state index contributed by atoms with van der Waals surface area (Å²) in [5.41, 5.74) is 0.567. The highest BCUT2D eigenvalue weighted by atomic mass is 19.1. The van der Waals surface area contributed by atoms with Crippen LogP contribution in [0.5, 0.6) is 0 Å². The first-order valence-corrected chi connectivity index (χ1v) is 8.06. The van der Waals surface area contributed by atoms with Crippen molar-refractivity contribution in [1.29, 1.82) is 0 Å². The maximum atomic E-state index is 13.7. The quantitative estimate of drug-likeness (QED) is 0.915. The van der Waals surface area contributed by atoms with Gasteiger partial charge in [0.05, 0.1) is 6.54 Å². The van der Waals surface area contributed by atoms with E-state index in [0.717, 1.165) is 26.1 Å². The first-order valence-electron chi connectivity index (χ1n) is 8.06. The minimum absolute atomic E-state index is 0.0626. The third-order valence-electron chi connectivity index (χ3n) is 4.89. The Balaban J connectivity index is 1.52. The highest BCUT2D eigenvalue weighted by Crippen LogP contribution is 2.24. The lowest BCUT2D eigenvalue weighted by Gasteiger charge is -2.35. The normalized spacial score (nSPS) is 25.0. The molecule has 0 spiro atoms. The maximum absolute atomic E-state index is 13.7. The van der Waals surface area contributed by atoms with Crippen molar-refractivity contribution in [1.82, 2.24) is 15.1 Å². The molecule has 0 radical (unpaired) electrons. The second-order valence-corrected chi connectivity index (χ2v) is 6.47. The monoisotopic (exact) mass is 305 g/mol. The number of halogens is 1. The van der Waals surface area contributed by atoms with Crippen LogP contribution in [0.2, 0.25) is 0 Å². The van der Waals surface area contributed by atoms with Crippen LogP contribution >= 0.6 is 0 Å². The van der Waals surface area contributed by atoms with Crippen LogP contribution in [-0.2, 0) is 11.3 Å². The molecule has 0 saturated carbocycles. The molecule has 1 aromatic rings. The van der Waals surface area contributed by atoms with Crippen molar-refractivity contribution in [2.24, 2.45) is 5.92 Å². The van der Waals surface area contributed by atoms with E-state index in [2.05, 4.69) is 10.2 Å². The molecule has 22 heavy (non-hydrogen) atoms. The van der Waals surface area contributed by atoms with E-state index >= 15 is 0 Å². The molecule has 1 aromatic carbocycles. The summed E-state index contributed by atoms with van der Waals surface area (Å²) in [5, 5.41) is 3.53. The van der Waals surface area contributed by atoms with Crippen molar-refractivity contribution in [3.8, 4) is 0 Å². The van der Waals surface area contributed by atoms with Gasteiger partial charge in [-0.25, -0.2) is 4.39 Å². The van der Waals surface area contributed by atoms with Gasteiger partial charge in [-0.05, 0) is 31.4 Å². The number of nitrogens with zero attached hydrogens (tertiary/aromatic N) is 2. The van der Waals surface area contributed by atoms with Crippen molar-refractivity contribution in [3.05, 3.63) is 35.6 Å². The van der Waals surface area contributed by atoms with E-state index in [-0.39, 0.29) is 11.7 Å². The van der Waals surface area contributed by atoms with E-state index in [1.807, 2.05) is 0 Å². The van der Waals surface area contributed by atoms with Gasteiger partial charge < -0.3 is 10.2 Å². The Kier molecular flexibility index (Phi) is 4.74. The van der Waals surface area contributed by atoms with Crippen molar-refractivity contribution in [3.63, 3.8) is 0 Å². The molecule has 0 aromatic heterocycles.